The second-order valence-electron chi connectivity index (χ2n) is 3.19. The molecule has 0 aliphatic rings. The summed E-state index contributed by atoms with van der Waals surface area (Å²) in [6, 6.07) is 4.39. The van der Waals surface area contributed by atoms with Crippen LogP contribution < -0.4 is 4.74 Å². The van der Waals surface area contributed by atoms with E-state index in [4.69, 9.17) is 16.3 Å². The van der Waals surface area contributed by atoms with Gasteiger partial charge in [0.05, 0.1) is 17.0 Å². The van der Waals surface area contributed by atoms with Gasteiger partial charge in [0.25, 0.3) is 5.69 Å². The molecule has 0 bridgehead atoms. The Bertz CT molecular complexity index is 588. The second kappa shape index (κ2) is 4.50. The Balaban J connectivity index is 2.60. The summed E-state index contributed by atoms with van der Waals surface area (Å²) < 4.78 is 5.13. The van der Waals surface area contributed by atoms with Crippen molar-refractivity contribution in [2.24, 2.45) is 0 Å². The Hall–Kier alpha value is -1.95. The van der Waals surface area contributed by atoms with Crippen molar-refractivity contribution in [3.8, 4) is 6.01 Å². The smallest absolute Gasteiger partial charge is 0.318 e. The summed E-state index contributed by atoms with van der Waals surface area (Å²) in [5, 5.41) is 11.2. The molecule has 0 unspecified atom stereocenters. The molecule has 0 atom stereocenters. The topological polar surface area (TPSA) is 78.2 Å². The van der Waals surface area contributed by atoms with Gasteiger partial charge < -0.3 is 4.74 Å². The number of benzene rings is 1. The predicted octanol–water partition coefficient (Wildman–Crippen LogP) is 2.59. The Kier molecular flexibility index (Phi) is 3.06. The first kappa shape index (κ1) is 11.5. The molecular weight excluding hydrogens is 246 g/mol. The lowest BCUT2D eigenvalue weighted by Gasteiger charge is -2.04. The molecular formula is C10H8ClN3O3. The summed E-state index contributed by atoms with van der Waals surface area (Å²) in [7, 11) is 0. The molecule has 0 saturated heterocycles. The lowest BCUT2D eigenvalue weighted by molar-refractivity contribution is -0.384. The van der Waals surface area contributed by atoms with Gasteiger partial charge in [0.1, 0.15) is 5.15 Å². The minimum atomic E-state index is -0.494. The Morgan fingerprint density at radius 2 is 2.24 bits per heavy atom. The number of aromatic nitrogens is 2. The first-order chi connectivity index (χ1) is 8.11. The summed E-state index contributed by atoms with van der Waals surface area (Å²) in [5.41, 5.74) is 0.464. The van der Waals surface area contributed by atoms with Crippen LogP contribution in [0.3, 0.4) is 0 Å². The van der Waals surface area contributed by atoms with Crippen LogP contribution in [0.5, 0.6) is 6.01 Å². The maximum Gasteiger partial charge on any atom is 0.318 e. The molecule has 0 radical (unpaired) electrons. The zero-order valence-electron chi connectivity index (χ0n) is 8.88. The summed E-state index contributed by atoms with van der Waals surface area (Å²) in [6.45, 7) is 2.23. The molecule has 0 saturated carbocycles. The van der Waals surface area contributed by atoms with Gasteiger partial charge in [0.15, 0.2) is 0 Å². The highest BCUT2D eigenvalue weighted by Crippen LogP contribution is 2.26. The third-order valence-corrected chi connectivity index (χ3v) is 2.38. The standard InChI is InChI=1S/C10H8ClN3O3/c1-2-17-10-12-8-4-3-6(14(15)16)5-7(8)9(11)13-10/h3-5H,2H2,1H3. The quantitative estimate of drug-likeness (QED) is 0.477. The van der Waals surface area contributed by atoms with Crippen molar-refractivity contribution in [1.29, 1.82) is 0 Å². The van der Waals surface area contributed by atoms with Crippen molar-refractivity contribution < 1.29 is 9.66 Å². The van der Waals surface area contributed by atoms with Crippen LogP contribution in [0.4, 0.5) is 5.69 Å². The van der Waals surface area contributed by atoms with Crippen molar-refractivity contribution in [2.75, 3.05) is 6.61 Å². The average Bonchev–Trinajstić information content (AvgIpc) is 2.29. The minimum Gasteiger partial charge on any atom is -0.464 e. The molecule has 1 aromatic carbocycles. The molecule has 0 spiro atoms. The highest BCUT2D eigenvalue weighted by Gasteiger charge is 2.11. The summed E-state index contributed by atoms with van der Waals surface area (Å²) in [4.78, 5) is 18.1. The van der Waals surface area contributed by atoms with E-state index >= 15 is 0 Å². The lowest BCUT2D eigenvalue weighted by atomic mass is 10.2. The lowest BCUT2D eigenvalue weighted by Crippen LogP contribution is -1.98. The summed E-state index contributed by atoms with van der Waals surface area (Å²) >= 11 is 5.92. The van der Waals surface area contributed by atoms with Crippen LogP contribution in [0.2, 0.25) is 5.15 Å². The number of rotatable bonds is 3. The Morgan fingerprint density at radius 1 is 1.47 bits per heavy atom. The number of nitrogens with zero attached hydrogens (tertiary/aromatic N) is 3. The van der Waals surface area contributed by atoms with Crippen molar-refractivity contribution in [3.63, 3.8) is 0 Å². The molecule has 2 aromatic rings. The zero-order valence-corrected chi connectivity index (χ0v) is 9.64. The minimum absolute atomic E-state index is 0.0489. The molecule has 7 heteroatoms. The van der Waals surface area contributed by atoms with Gasteiger partial charge in [-0.05, 0) is 13.0 Å². The normalized spacial score (nSPS) is 10.5. The van der Waals surface area contributed by atoms with Gasteiger partial charge in [-0.15, -0.1) is 0 Å². The van der Waals surface area contributed by atoms with E-state index in [1.807, 2.05) is 0 Å². The third-order valence-electron chi connectivity index (χ3n) is 2.10. The second-order valence-corrected chi connectivity index (χ2v) is 3.55. The molecule has 2 rings (SSSR count). The number of fused-ring (bicyclic) bond motifs is 1. The Morgan fingerprint density at radius 3 is 2.88 bits per heavy atom. The van der Waals surface area contributed by atoms with E-state index in [0.29, 0.717) is 17.5 Å². The van der Waals surface area contributed by atoms with Gasteiger partial charge in [-0.1, -0.05) is 11.6 Å². The molecule has 1 aromatic heterocycles. The SMILES string of the molecule is CCOc1nc(Cl)c2cc([N+](=O)[O-])ccc2n1. The molecule has 88 valence electrons. The van der Waals surface area contributed by atoms with E-state index in [9.17, 15) is 10.1 Å². The van der Waals surface area contributed by atoms with Crippen LogP contribution in [0.1, 0.15) is 6.92 Å². The number of ether oxygens (including phenoxy) is 1. The van der Waals surface area contributed by atoms with Gasteiger partial charge in [-0.3, -0.25) is 10.1 Å². The number of nitro groups is 1. The third kappa shape index (κ3) is 2.26. The van der Waals surface area contributed by atoms with Gasteiger partial charge in [0.2, 0.25) is 0 Å². The molecule has 0 N–H and O–H groups in total. The molecule has 6 nitrogen and oxygen atoms in total. The van der Waals surface area contributed by atoms with Crippen LogP contribution >= 0.6 is 11.6 Å². The van der Waals surface area contributed by atoms with E-state index in [1.54, 1.807) is 6.92 Å². The molecule has 17 heavy (non-hydrogen) atoms. The number of hydrogen-bond acceptors (Lipinski definition) is 5. The number of halogens is 1. The van der Waals surface area contributed by atoms with Gasteiger partial charge in [0, 0.05) is 17.5 Å². The summed E-state index contributed by atoms with van der Waals surface area (Å²) in [6.07, 6.45) is 0. The van der Waals surface area contributed by atoms with Gasteiger partial charge in [-0.2, -0.15) is 9.97 Å². The van der Waals surface area contributed by atoms with Crippen LogP contribution in [0, 0.1) is 10.1 Å². The van der Waals surface area contributed by atoms with E-state index in [0.717, 1.165) is 0 Å². The van der Waals surface area contributed by atoms with Crippen molar-refractivity contribution in [3.05, 3.63) is 33.5 Å². The number of nitro benzene ring substituents is 1. The average molecular weight is 254 g/mol. The fourth-order valence-corrected chi connectivity index (χ4v) is 1.59. The van der Waals surface area contributed by atoms with E-state index in [1.165, 1.54) is 18.2 Å². The van der Waals surface area contributed by atoms with Gasteiger partial charge in [-0.25, -0.2) is 0 Å². The van der Waals surface area contributed by atoms with Crippen LogP contribution in [-0.2, 0) is 0 Å². The first-order valence-corrected chi connectivity index (χ1v) is 5.24. The maximum atomic E-state index is 10.6. The zero-order chi connectivity index (χ0) is 12.4. The number of non-ortho nitro benzene ring substituents is 1. The van der Waals surface area contributed by atoms with Crippen molar-refractivity contribution in [2.45, 2.75) is 6.92 Å². The monoisotopic (exact) mass is 253 g/mol. The van der Waals surface area contributed by atoms with Gasteiger partial charge >= 0.3 is 6.01 Å². The molecule has 0 aliphatic heterocycles. The fourth-order valence-electron chi connectivity index (χ4n) is 1.37. The van der Waals surface area contributed by atoms with Crippen LogP contribution in [-0.4, -0.2) is 21.5 Å². The predicted molar refractivity (Wildman–Crippen MR) is 62.4 cm³/mol. The number of hydrogen-bond donors (Lipinski definition) is 0. The summed E-state index contributed by atoms with van der Waals surface area (Å²) in [5.74, 6) is 0. The van der Waals surface area contributed by atoms with E-state index in [-0.39, 0.29) is 16.9 Å². The Labute approximate surface area is 101 Å². The van der Waals surface area contributed by atoms with Crippen LogP contribution in [0.25, 0.3) is 10.9 Å². The van der Waals surface area contributed by atoms with Crippen molar-refractivity contribution in [1.82, 2.24) is 9.97 Å². The van der Waals surface area contributed by atoms with Crippen molar-refractivity contribution >= 4 is 28.2 Å². The fraction of sp³-hybridized carbons (Fsp3) is 0.200. The van der Waals surface area contributed by atoms with E-state index in [2.05, 4.69) is 9.97 Å². The largest absolute Gasteiger partial charge is 0.464 e. The van der Waals surface area contributed by atoms with Crippen LogP contribution in [0.15, 0.2) is 18.2 Å². The molecule has 0 fully saturated rings. The highest BCUT2D eigenvalue weighted by molar-refractivity contribution is 6.34. The molecule has 0 amide bonds. The maximum absolute atomic E-state index is 10.6. The highest BCUT2D eigenvalue weighted by atomic mass is 35.5. The first-order valence-electron chi connectivity index (χ1n) is 4.86. The van der Waals surface area contributed by atoms with E-state index < -0.39 is 4.92 Å². The molecule has 0 aliphatic carbocycles. The molecule has 1 heterocycles.